The van der Waals surface area contributed by atoms with Crippen LogP contribution in [0.1, 0.15) is 25.5 Å². The Morgan fingerprint density at radius 2 is 2.40 bits per heavy atom. The summed E-state index contributed by atoms with van der Waals surface area (Å²) < 4.78 is 4.88. The zero-order valence-electron chi connectivity index (χ0n) is 8.58. The van der Waals surface area contributed by atoms with Gasteiger partial charge in [-0.2, -0.15) is 0 Å². The van der Waals surface area contributed by atoms with Crippen LogP contribution >= 0.6 is 0 Å². The van der Waals surface area contributed by atoms with Crippen molar-refractivity contribution in [1.29, 1.82) is 0 Å². The molecule has 0 aliphatic carbocycles. The number of ether oxygens (including phenoxy) is 1. The van der Waals surface area contributed by atoms with Gasteiger partial charge in [-0.1, -0.05) is 13.3 Å². The van der Waals surface area contributed by atoms with Gasteiger partial charge in [0.05, 0.1) is 12.3 Å². The summed E-state index contributed by atoms with van der Waals surface area (Å²) in [6, 6.07) is 0. The maximum Gasteiger partial charge on any atom is 0.330 e. The summed E-state index contributed by atoms with van der Waals surface area (Å²) in [6.07, 6.45) is 6.11. The largest absolute Gasteiger partial charge is 0.463 e. The van der Waals surface area contributed by atoms with Gasteiger partial charge in [-0.25, -0.2) is 9.59 Å². The van der Waals surface area contributed by atoms with E-state index in [9.17, 15) is 9.59 Å². The molecule has 5 heteroatoms. The molecule has 0 saturated carbocycles. The van der Waals surface area contributed by atoms with E-state index in [2.05, 4.69) is 9.97 Å². The van der Waals surface area contributed by atoms with E-state index < -0.39 is 5.97 Å². The third kappa shape index (κ3) is 4.30. The number of imidazole rings is 1. The molecule has 5 nitrogen and oxygen atoms in total. The highest BCUT2D eigenvalue weighted by atomic mass is 16.5. The van der Waals surface area contributed by atoms with E-state index in [1.165, 1.54) is 18.3 Å². The number of rotatable bonds is 5. The van der Waals surface area contributed by atoms with Crippen molar-refractivity contribution in [3.8, 4) is 0 Å². The first-order valence-electron chi connectivity index (χ1n) is 4.85. The SMILES string of the molecule is CCCCOC(=O)/C=C\c1c[nH]c(=O)[nH]1. The monoisotopic (exact) mass is 210 g/mol. The minimum absolute atomic E-state index is 0.297. The molecule has 1 aromatic rings. The molecule has 0 amide bonds. The number of carbonyl (C=O) groups is 1. The van der Waals surface area contributed by atoms with Crippen LogP contribution < -0.4 is 5.69 Å². The number of aromatic nitrogens is 2. The molecule has 0 aliphatic heterocycles. The van der Waals surface area contributed by atoms with Crippen LogP contribution in [0.15, 0.2) is 17.1 Å². The Bertz CT molecular complexity index is 389. The van der Waals surface area contributed by atoms with Gasteiger partial charge < -0.3 is 14.7 Å². The summed E-state index contributed by atoms with van der Waals surface area (Å²) >= 11 is 0. The van der Waals surface area contributed by atoms with Gasteiger partial charge in [0, 0.05) is 12.3 Å². The fourth-order valence-corrected chi connectivity index (χ4v) is 0.959. The molecule has 0 aliphatic rings. The van der Waals surface area contributed by atoms with Gasteiger partial charge in [-0.3, -0.25) is 0 Å². The second-order valence-corrected chi connectivity index (χ2v) is 3.05. The quantitative estimate of drug-likeness (QED) is 0.433. The standard InChI is InChI=1S/C10H14N2O3/c1-2-3-6-15-9(13)5-4-8-7-11-10(14)12-8/h4-5,7H,2-3,6H2,1H3,(H2,11,12,14)/b5-4-. The molecular weight excluding hydrogens is 196 g/mol. The highest BCUT2D eigenvalue weighted by molar-refractivity contribution is 5.86. The van der Waals surface area contributed by atoms with Gasteiger partial charge in [0.25, 0.3) is 0 Å². The van der Waals surface area contributed by atoms with Crippen molar-refractivity contribution < 1.29 is 9.53 Å². The van der Waals surface area contributed by atoms with Gasteiger partial charge in [0.2, 0.25) is 0 Å². The fraction of sp³-hybridized carbons (Fsp3) is 0.400. The van der Waals surface area contributed by atoms with Gasteiger partial charge in [0.1, 0.15) is 0 Å². The minimum Gasteiger partial charge on any atom is -0.463 e. The molecule has 1 heterocycles. The minimum atomic E-state index is -0.398. The van der Waals surface area contributed by atoms with Crippen LogP contribution in [0.4, 0.5) is 0 Å². The molecule has 0 bridgehead atoms. The first kappa shape index (κ1) is 11.3. The maximum atomic E-state index is 11.1. The average Bonchev–Trinajstić information content (AvgIpc) is 2.62. The van der Waals surface area contributed by atoms with Crippen LogP contribution in [0, 0.1) is 0 Å². The molecule has 0 aromatic carbocycles. The highest BCUT2D eigenvalue weighted by Gasteiger charge is 1.96. The van der Waals surface area contributed by atoms with E-state index in [4.69, 9.17) is 4.74 Å². The number of nitrogens with one attached hydrogen (secondary N) is 2. The van der Waals surface area contributed by atoms with Crippen molar-refractivity contribution in [2.24, 2.45) is 0 Å². The Hall–Kier alpha value is -1.78. The Balaban J connectivity index is 2.37. The normalized spacial score (nSPS) is 10.7. The molecule has 0 unspecified atom stereocenters. The predicted octanol–water partition coefficient (Wildman–Crippen LogP) is 1.06. The molecular formula is C10H14N2O3. The zero-order valence-corrected chi connectivity index (χ0v) is 8.58. The first-order valence-corrected chi connectivity index (χ1v) is 4.85. The lowest BCUT2D eigenvalue weighted by Gasteiger charge is -1.98. The summed E-state index contributed by atoms with van der Waals surface area (Å²) in [6.45, 7) is 2.46. The van der Waals surface area contributed by atoms with Crippen molar-refractivity contribution in [3.05, 3.63) is 28.5 Å². The summed E-state index contributed by atoms with van der Waals surface area (Å²) in [5, 5.41) is 0. The van der Waals surface area contributed by atoms with Gasteiger partial charge in [-0.05, 0) is 12.5 Å². The second kappa shape index (κ2) is 5.85. The average molecular weight is 210 g/mol. The zero-order chi connectivity index (χ0) is 11.1. The van der Waals surface area contributed by atoms with E-state index in [0.717, 1.165) is 12.8 Å². The summed E-state index contributed by atoms with van der Waals surface area (Å²) in [7, 11) is 0. The number of aromatic amines is 2. The second-order valence-electron chi connectivity index (χ2n) is 3.05. The van der Waals surface area contributed by atoms with Gasteiger partial charge in [0.15, 0.2) is 0 Å². The van der Waals surface area contributed by atoms with Crippen LogP contribution in [0.3, 0.4) is 0 Å². The van der Waals surface area contributed by atoms with Crippen molar-refractivity contribution >= 4 is 12.0 Å². The van der Waals surface area contributed by atoms with E-state index in [1.54, 1.807) is 0 Å². The molecule has 1 aromatic heterocycles. The Labute approximate surface area is 87.2 Å². The number of unbranched alkanes of at least 4 members (excludes halogenated alkanes) is 1. The van der Waals surface area contributed by atoms with Crippen molar-refractivity contribution in [1.82, 2.24) is 9.97 Å². The van der Waals surface area contributed by atoms with Gasteiger partial charge in [-0.15, -0.1) is 0 Å². The van der Waals surface area contributed by atoms with Crippen LogP contribution in [0.25, 0.3) is 6.08 Å². The van der Waals surface area contributed by atoms with Crippen molar-refractivity contribution in [2.45, 2.75) is 19.8 Å². The lowest BCUT2D eigenvalue weighted by Crippen LogP contribution is -2.02. The molecule has 0 atom stereocenters. The molecule has 0 radical (unpaired) electrons. The Kier molecular flexibility index (Phi) is 4.40. The van der Waals surface area contributed by atoms with Gasteiger partial charge >= 0.3 is 11.7 Å². The topological polar surface area (TPSA) is 75.0 Å². The lowest BCUT2D eigenvalue weighted by molar-refractivity contribution is -0.137. The van der Waals surface area contributed by atoms with Crippen molar-refractivity contribution in [2.75, 3.05) is 6.61 Å². The first-order chi connectivity index (χ1) is 7.22. The van der Waals surface area contributed by atoms with Crippen LogP contribution in [-0.2, 0) is 9.53 Å². The molecule has 2 N–H and O–H groups in total. The van der Waals surface area contributed by atoms with E-state index in [1.807, 2.05) is 6.92 Å². The highest BCUT2D eigenvalue weighted by Crippen LogP contribution is 1.94. The fourth-order valence-electron chi connectivity index (χ4n) is 0.959. The third-order valence-electron chi connectivity index (χ3n) is 1.76. The van der Waals surface area contributed by atoms with Crippen LogP contribution in [-0.4, -0.2) is 22.5 Å². The Morgan fingerprint density at radius 1 is 1.60 bits per heavy atom. The number of hydrogen-bond donors (Lipinski definition) is 2. The van der Waals surface area contributed by atoms with Crippen LogP contribution in [0.2, 0.25) is 0 Å². The van der Waals surface area contributed by atoms with Crippen LogP contribution in [0.5, 0.6) is 0 Å². The molecule has 15 heavy (non-hydrogen) atoms. The number of hydrogen-bond acceptors (Lipinski definition) is 3. The smallest absolute Gasteiger partial charge is 0.330 e. The molecule has 82 valence electrons. The summed E-state index contributed by atoms with van der Waals surface area (Å²) in [4.78, 5) is 26.7. The number of H-pyrrole nitrogens is 2. The number of esters is 1. The maximum absolute atomic E-state index is 11.1. The van der Waals surface area contributed by atoms with E-state index in [-0.39, 0.29) is 5.69 Å². The Morgan fingerprint density at radius 3 is 3.00 bits per heavy atom. The molecule has 0 spiro atoms. The summed E-state index contributed by atoms with van der Waals surface area (Å²) in [5.41, 5.74) is 0.251. The third-order valence-corrected chi connectivity index (χ3v) is 1.76. The molecule has 0 fully saturated rings. The van der Waals surface area contributed by atoms with E-state index >= 15 is 0 Å². The molecule has 1 rings (SSSR count). The number of carbonyl (C=O) groups excluding carboxylic acids is 1. The van der Waals surface area contributed by atoms with Crippen molar-refractivity contribution in [3.63, 3.8) is 0 Å². The lowest BCUT2D eigenvalue weighted by atomic mass is 10.3. The summed E-state index contributed by atoms with van der Waals surface area (Å²) in [5.74, 6) is -0.398. The molecule has 0 saturated heterocycles. The van der Waals surface area contributed by atoms with E-state index in [0.29, 0.717) is 12.3 Å². The predicted molar refractivity (Wildman–Crippen MR) is 56.3 cm³/mol.